The van der Waals surface area contributed by atoms with Gasteiger partial charge in [-0.3, -0.25) is 4.79 Å². The van der Waals surface area contributed by atoms with Gasteiger partial charge in [0.1, 0.15) is 5.75 Å². The van der Waals surface area contributed by atoms with Crippen LogP contribution in [0.4, 0.5) is 0 Å². The molecule has 3 heteroatoms. The van der Waals surface area contributed by atoms with Gasteiger partial charge in [0, 0.05) is 5.56 Å². The first-order valence-corrected chi connectivity index (χ1v) is 8.83. The fourth-order valence-corrected chi connectivity index (χ4v) is 3.15. The molecule has 0 saturated carbocycles. The van der Waals surface area contributed by atoms with Gasteiger partial charge in [0.2, 0.25) is 0 Å². The van der Waals surface area contributed by atoms with E-state index in [1.54, 1.807) is 0 Å². The van der Waals surface area contributed by atoms with Crippen molar-refractivity contribution in [2.45, 2.75) is 45.6 Å². The highest BCUT2D eigenvalue weighted by molar-refractivity contribution is 5.94. The van der Waals surface area contributed by atoms with Crippen LogP contribution in [0.2, 0.25) is 0 Å². The van der Waals surface area contributed by atoms with Crippen LogP contribution in [-0.2, 0) is 12.8 Å². The number of aryl methyl sites for hydroxylation is 2. The number of carbonyl (C=O) groups is 1. The van der Waals surface area contributed by atoms with Crippen LogP contribution in [0.1, 0.15) is 59.8 Å². The third-order valence-corrected chi connectivity index (χ3v) is 4.56. The lowest BCUT2D eigenvalue weighted by Gasteiger charge is -2.16. The van der Waals surface area contributed by atoms with Crippen molar-refractivity contribution >= 4 is 5.91 Å². The molecule has 1 aliphatic carbocycles. The molecule has 0 heterocycles. The summed E-state index contributed by atoms with van der Waals surface area (Å²) in [6.07, 6.45) is 4.55. The number of amides is 1. The lowest BCUT2D eigenvalue weighted by molar-refractivity contribution is 0.0940. The van der Waals surface area contributed by atoms with Crippen molar-refractivity contribution < 1.29 is 9.53 Å². The normalized spacial score (nSPS) is 14.1. The van der Waals surface area contributed by atoms with Crippen LogP contribution < -0.4 is 10.1 Å². The number of fused-ring (bicyclic) bond motifs is 1. The molecule has 1 atom stereocenters. The maximum atomic E-state index is 12.4. The summed E-state index contributed by atoms with van der Waals surface area (Å²) in [5.74, 6) is 0.755. The zero-order valence-corrected chi connectivity index (χ0v) is 14.5. The van der Waals surface area contributed by atoms with Crippen LogP contribution in [0.25, 0.3) is 0 Å². The fraction of sp³-hybridized carbons (Fsp3) is 0.381. The van der Waals surface area contributed by atoms with Gasteiger partial charge in [0.05, 0.1) is 12.6 Å². The monoisotopic (exact) mass is 323 g/mol. The second-order valence-corrected chi connectivity index (χ2v) is 6.45. The van der Waals surface area contributed by atoms with Gasteiger partial charge in [-0.15, -0.1) is 0 Å². The molecule has 0 radical (unpaired) electrons. The second-order valence-electron chi connectivity index (χ2n) is 6.45. The smallest absolute Gasteiger partial charge is 0.251 e. The highest BCUT2D eigenvalue weighted by Gasteiger charge is 2.15. The predicted octanol–water partition coefficient (Wildman–Crippen LogP) is 4.46. The Morgan fingerprint density at radius 3 is 2.62 bits per heavy atom. The molecule has 0 bridgehead atoms. The average Bonchev–Trinajstić information content (AvgIpc) is 3.08. The molecule has 1 amide bonds. The van der Waals surface area contributed by atoms with E-state index < -0.39 is 0 Å². The number of rotatable bonds is 6. The van der Waals surface area contributed by atoms with Crippen molar-refractivity contribution in [2.24, 2.45) is 0 Å². The van der Waals surface area contributed by atoms with Crippen LogP contribution in [-0.4, -0.2) is 12.5 Å². The van der Waals surface area contributed by atoms with Gasteiger partial charge < -0.3 is 10.1 Å². The van der Waals surface area contributed by atoms with Gasteiger partial charge in [-0.1, -0.05) is 25.1 Å². The number of nitrogens with one attached hydrogen (secondary N) is 1. The minimum atomic E-state index is -0.0509. The maximum absolute atomic E-state index is 12.4. The molecule has 3 rings (SSSR count). The first kappa shape index (κ1) is 16.6. The third kappa shape index (κ3) is 3.78. The quantitative estimate of drug-likeness (QED) is 0.852. The van der Waals surface area contributed by atoms with E-state index in [0.717, 1.165) is 18.6 Å². The van der Waals surface area contributed by atoms with Gasteiger partial charge >= 0.3 is 0 Å². The van der Waals surface area contributed by atoms with Gasteiger partial charge in [-0.2, -0.15) is 0 Å². The number of ether oxygens (including phenoxy) is 1. The molecular weight excluding hydrogens is 298 g/mol. The summed E-state index contributed by atoms with van der Waals surface area (Å²) >= 11 is 0. The number of hydrogen-bond acceptors (Lipinski definition) is 2. The van der Waals surface area contributed by atoms with E-state index in [4.69, 9.17) is 4.74 Å². The molecule has 0 aromatic heterocycles. The van der Waals surface area contributed by atoms with Gasteiger partial charge in [0.25, 0.3) is 5.91 Å². The average molecular weight is 323 g/mol. The first-order valence-electron chi connectivity index (χ1n) is 8.83. The molecule has 1 aliphatic rings. The van der Waals surface area contributed by atoms with E-state index in [1.807, 2.05) is 31.2 Å². The summed E-state index contributed by atoms with van der Waals surface area (Å²) < 4.78 is 5.55. The molecule has 1 N–H and O–H groups in total. The highest BCUT2D eigenvalue weighted by atomic mass is 16.5. The van der Waals surface area contributed by atoms with Crippen LogP contribution in [0, 0.1) is 0 Å². The summed E-state index contributed by atoms with van der Waals surface area (Å²) in [6.45, 7) is 4.80. The molecule has 2 aromatic rings. The fourth-order valence-electron chi connectivity index (χ4n) is 3.15. The Hall–Kier alpha value is -2.29. The minimum absolute atomic E-state index is 0.000539. The summed E-state index contributed by atoms with van der Waals surface area (Å²) in [6, 6.07) is 13.9. The van der Waals surface area contributed by atoms with Crippen LogP contribution in [0.15, 0.2) is 42.5 Å². The summed E-state index contributed by atoms with van der Waals surface area (Å²) in [7, 11) is 0. The van der Waals surface area contributed by atoms with Gasteiger partial charge in [-0.25, -0.2) is 0 Å². The van der Waals surface area contributed by atoms with E-state index in [2.05, 4.69) is 30.4 Å². The zero-order chi connectivity index (χ0) is 16.9. The number of hydrogen-bond donors (Lipinski definition) is 1. The largest absolute Gasteiger partial charge is 0.494 e. The topological polar surface area (TPSA) is 38.3 Å². The van der Waals surface area contributed by atoms with Crippen LogP contribution >= 0.6 is 0 Å². The molecule has 0 saturated heterocycles. The molecule has 0 unspecified atom stereocenters. The SMILES string of the molecule is CCCOc1ccc(C(=O)N[C@@H](C)c2ccc3c(c2)CCC3)cc1. The minimum Gasteiger partial charge on any atom is -0.494 e. The molecular formula is C21H25NO2. The Labute approximate surface area is 144 Å². The Morgan fingerprint density at radius 2 is 1.88 bits per heavy atom. The van der Waals surface area contributed by atoms with Gasteiger partial charge in [-0.05, 0) is 73.6 Å². The number of benzene rings is 2. The van der Waals surface area contributed by atoms with Crippen LogP contribution in [0.3, 0.4) is 0 Å². The summed E-state index contributed by atoms with van der Waals surface area (Å²) in [4.78, 5) is 12.4. The van der Waals surface area contributed by atoms with Crippen molar-refractivity contribution in [2.75, 3.05) is 6.61 Å². The molecule has 24 heavy (non-hydrogen) atoms. The standard InChI is InChI=1S/C21H25NO2/c1-3-13-24-20-11-9-17(10-12-20)21(23)22-15(2)18-8-7-16-5-4-6-19(16)14-18/h7-12,14-15H,3-6,13H2,1-2H3,(H,22,23)/t15-/m0/s1. The molecule has 3 nitrogen and oxygen atoms in total. The van der Waals surface area contributed by atoms with Gasteiger partial charge in [0.15, 0.2) is 0 Å². The summed E-state index contributed by atoms with van der Waals surface area (Å²) in [5.41, 5.74) is 4.73. The predicted molar refractivity (Wildman–Crippen MR) is 96.6 cm³/mol. The Morgan fingerprint density at radius 1 is 1.12 bits per heavy atom. The highest BCUT2D eigenvalue weighted by Crippen LogP contribution is 2.25. The van der Waals surface area contributed by atoms with Crippen molar-refractivity contribution in [1.82, 2.24) is 5.32 Å². The van der Waals surface area contributed by atoms with E-state index in [0.29, 0.717) is 12.2 Å². The van der Waals surface area contributed by atoms with Crippen molar-refractivity contribution in [3.8, 4) is 5.75 Å². The Kier molecular flexibility index (Phi) is 5.19. The van der Waals surface area contributed by atoms with E-state index in [9.17, 15) is 4.79 Å². The number of carbonyl (C=O) groups excluding carboxylic acids is 1. The lowest BCUT2D eigenvalue weighted by Crippen LogP contribution is -2.26. The van der Waals surface area contributed by atoms with Crippen molar-refractivity contribution in [3.63, 3.8) is 0 Å². The molecule has 0 spiro atoms. The van der Waals surface area contributed by atoms with Crippen LogP contribution in [0.5, 0.6) is 5.75 Å². The molecule has 0 fully saturated rings. The Balaban J connectivity index is 1.63. The maximum Gasteiger partial charge on any atom is 0.251 e. The molecule has 0 aliphatic heterocycles. The summed E-state index contributed by atoms with van der Waals surface area (Å²) in [5, 5.41) is 3.09. The van der Waals surface area contributed by atoms with E-state index >= 15 is 0 Å². The second kappa shape index (κ2) is 7.52. The van der Waals surface area contributed by atoms with Crippen molar-refractivity contribution in [1.29, 1.82) is 0 Å². The third-order valence-electron chi connectivity index (χ3n) is 4.56. The van der Waals surface area contributed by atoms with E-state index in [-0.39, 0.29) is 11.9 Å². The molecule has 126 valence electrons. The van der Waals surface area contributed by atoms with E-state index in [1.165, 1.54) is 29.5 Å². The van der Waals surface area contributed by atoms with Crippen molar-refractivity contribution in [3.05, 3.63) is 64.7 Å². The lowest BCUT2D eigenvalue weighted by atomic mass is 10.0. The molecule has 2 aromatic carbocycles. The Bertz CT molecular complexity index is 706. The zero-order valence-electron chi connectivity index (χ0n) is 14.5. The first-order chi connectivity index (χ1) is 11.7.